The highest BCUT2D eigenvalue weighted by molar-refractivity contribution is 7.65. The van der Waals surface area contributed by atoms with Gasteiger partial charge in [0, 0.05) is 25.4 Å². The van der Waals surface area contributed by atoms with Gasteiger partial charge in [-0.25, -0.2) is 4.79 Å². The lowest BCUT2D eigenvalue weighted by atomic mass is 9.98. The van der Waals surface area contributed by atoms with E-state index in [0.717, 1.165) is 23.1 Å². The van der Waals surface area contributed by atoms with Crippen LogP contribution in [0, 0.1) is 5.92 Å². The molecule has 0 aromatic heterocycles. The van der Waals surface area contributed by atoms with E-state index < -0.39 is 30.5 Å². The van der Waals surface area contributed by atoms with E-state index >= 15 is 4.57 Å². The molecule has 2 fully saturated rings. The van der Waals surface area contributed by atoms with E-state index in [2.05, 4.69) is 0 Å². The van der Waals surface area contributed by atoms with Crippen molar-refractivity contribution < 1.29 is 23.7 Å². The Morgan fingerprint density at radius 1 is 0.870 bits per heavy atom. The van der Waals surface area contributed by atoms with E-state index in [-0.39, 0.29) is 49.6 Å². The van der Waals surface area contributed by atoms with Crippen molar-refractivity contribution in [2.75, 3.05) is 13.1 Å². The van der Waals surface area contributed by atoms with Gasteiger partial charge in [0.05, 0.1) is 6.04 Å². The van der Waals surface area contributed by atoms with E-state index in [4.69, 9.17) is 10.5 Å². The number of nitrogens with two attached hydrogens (primary N) is 1. The summed E-state index contributed by atoms with van der Waals surface area (Å²) in [6, 6.07) is 26.9. The van der Waals surface area contributed by atoms with Gasteiger partial charge >= 0.3 is 5.97 Å². The molecule has 0 bridgehead atoms. The zero-order valence-corrected chi connectivity index (χ0v) is 27.8. The van der Waals surface area contributed by atoms with Crippen LogP contribution in [0.5, 0.6) is 0 Å². The summed E-state index contributed by atoms with van der Waals surface area (Å²) in [5.74, 6) is -1.29. The Bertz CT molecular complexity index is 1490. The van der Waals surface area contributed by atoms with E-state index in [9.17, 15) is 14.4 Å². The Kier molecular flexibility index (Phi) is 10.8. The summed E-state index contributed by atoms with van der Waals surface area (Å²) in [6.45, 7) is 4.60. The number of esters is 1. The second-order valence-corrected chi connectivity index (χ2v) is 15.9. The molecule has 2 heterocycles. The smallest absolute Gasteiger partial charge is 0.340 e. The van der Waals surface area contributed by atoms with Crippen molar-refractivity contribution in [1.82, 2.24) is 9.80 Å². The fraction of sp³-hybridized carbons (Fsp3) is 0.432. The third-order valence-corrected chi connectivity index (χ3v) is 13.5. The van der Waals surface area contributed by atoms with Gasteiger partial charge in [0.15, 0.2) is 5.28 Å². The second kappa shape index (κ2) is 14.8. The largest absolute Gasteiger partial charge is 0.459 e. The molecule has 3 aromatic rings. The minimum Gasteiger partial charge on any atom is -0.459 e. The number of carbonyl (C=O) groups is 3. The van der Waals surface area contributed by atoms with Gasteiger partial charge in [0.25, 0.3) is 0 Å². The number of hydrogen-bond acceptors (Lipinski definition) is 6. The monoisotopic (exact) mass is 643 g/mol. The lowest BCUT2D eigenvalue weighted by Crippen LogP contribution is -2.59. The first-order chi connectivity index (χ1) is 22.2. The van der Waals surface area contributed by atoms with Crippen LogP contribution >= 0.6 is 7.14 Å². The van der Waals surface area contributed by atoms with Crippen LogP contribution in [0.4, 0.5) is 0 Å². The van der Waals surface area contributed by atoms with E-state index in [1.807, 2.05) is 105 Å². The minimum atomic E-state index is -3.65. The SMILES string of the molecule is CC[C@H](C)[C@H](N)C(=O)N1CCC[C@H]1C(=O)N1CCC[C@]1(C(=O)OCc1ccccc1)P(=O)(Cc1ccccc1)Cc1ccccc1. The maximum atomic E-state index is 15.9. The van der Waals surface area contributed by atoms with Crippen LogP contribution < -0.4 is 5.73 Å². The standard InChI is InChI=1S/C37H46N3O5P/c1-3-28(2)33(38)35(42)39-23-13-21-32(39)34(41)40-24-14-22-37(40,36(43)45-25-29-15-7-4-8-16-29)46(44,26-30-17-9-5-10-18-30)27-31-19-11-6-12-20-31/h4-12,15-20,28,32-33H,3,13-14,21-27,38H2,1-2H3/t28-,32-,33-,37+/m0/s1. The van der Waals surface area contributed by atoms with Crippen LogP contribution in [0.3, 0.4) is 0 Å². The second-order valence-electron chi connectivity index (χ2n) is 12.7. The maximum Gasteiger partial charge on any atom is 0.340 e. The van der Waals surface area contributed by atoms with Crippen molar-refractivity contribution in [2.24, 2.45) is 11.7 Å². The molecule has 46 heavy (non-hydrogen) atoms. The fourth-order valence-corrected chi connectivity index (χ4v) is 10.8. The third-order valence-electron chi connectivity index (χ3n) is 9.76. The first-order valence-corrected chi connectivity index (χ1v) is 18.5. The highest BCUT2D eigenvalue weighted by atomic mass is 31.2. The number of carbonyl (C=O) groups excluding carboxylic acids is 3. The van der Waals surface area contributed by atoms with Gasteiger partial charge in [-0.1, -0.05) is 111 Å². The number of ether oxygens (including phenoxy) is 1. The Labute approximate surface area is 272 Å². The molecular weight excluding hydrogens is 597 g/mol. The van der Waals surface area contributed by atoms with E-state index in [1.165, 1.54) is 4.90 Å². The molecule has 0 spiro atoms. The predicted octanol–water partition coefficient (Wildman–Crippen LogP) is 6.18. The topological polar surface area (TPSA) is 110 Å². The van der Waals surface area contributed by atoms with Gasteiger partial charge in [-0.05, 0) is 48.3 Å². The molecular formula is C37H46N3O5P. The normalized spacial score (nSPS) is 21.2. The Balaban J connectivity index is 1.58. The average Bonchev–Trinajstić information content (AvgIpc) is 3.77. The molecule has 3 aromatic carbocycles. The van der Waals surface area contributed by atoms with E-state index in [0.29, 0.717) is 25.8 Å². The molecule has 244 valence electrons. The summed E-state index contributed by atoms with van der Waals surface area (Å²) in [5, 5.41) is -1.69. The number of hydrogen-bond donors (Lipinski definition) is 1. The highest BCUT2D eigenvalue weighted by Gasteiger charge is 2.63. The highest BCUT2D eigenvalue weighted by Crippen LogP contribution is 2.68. The molecule has 2 aliphatic heterocycles. The molecule has 4 atom stereocenters. The van der Waals surface area contributed by atoms with Crippen LogP contribution in [0.25, 0.3) is 0 Å². The summed E-state index contributed by atoms with van der Waals surface area (Å²) in [4.78, 5) is 46.1. The van der Waals surface area contributed by atoms with Crippen molar-refractivity contribution >= 4 is 24.9 Å². The molecule has 2 aliphatic rings. The Morgan fingerprint density at radius 2 is 1.41 bits per heavy atom. The van der Waals surface area contributed by atoms with Crippen molar-refractivity contribution in [3.8, 4) is 0 Å². The number of rotatable bonds is 12. The molecule has 9 heteroatoms. The molecule has 2 N–H and O–H groups in total. The average molecular weight is 644 g/mol. The summed E-state index contributed by atoms with van der Waals surface area (Å²) >= 11 is 0. The molecule has 0 aliphatic carbocycles. The lowest BCUT2D eigenvalue weighted by Gasteiger charge is -2.44. The van der Waals surface area contributed by atoms with Crippen LogP contribution in [0.2, 0.25) is 0 Å². The zero-order chi connectivity index (χ0) is 32.7. The summed E-state index contributed by atoms with van der Waals surface area (Å²) in [7, 11) is -3.65. The number of likely N-dealkylation sites (tertiary alicyclic amines) is 2. The maximum absolute atomic E-state index is 15.9. The van der Waals surface area contributed by atoms with Gasteiger partial charge in [0.2, 0.25) is 11.8 Å². The number of benzene rings is 3. The summed E-state index contributed by atoms with van der Waals surface area (Å²) in [6.07, 6.45) is 2.82. The van der Waals surface area contributed by atoms with E-state index in [1.54, 1.807) is 4.90 Å². The summed E-state index contributed by atoms with van der Waals surface area (Å²) < 4.78 is 21.9. The lowest BCUT2D eigenvalue weighted by molar-refractivity contribution is -0.159. The number of amides is 2. The first-order valence-electron chi connectivity index (χ1n) is 16.4. The first kappa shape index (κ1) is 33.6. The zero-order valence-electron chi connectivity index (χ0n) is 26.9. The van der Waals surface area contributed by atoms with Gasteiger partial charge in [-0.2, -0.15) is 0 Å². The molecule has 5 rings (SSSR count). The van der Waals surface area contributed by atoms with Crippen LogP contribution in [-0.2, 0) is 42.6 Å². The molecule has 2 amide bonds. The molecule has 8 nitrogen and oxygen atoms in total. The fourth-order valence-electron chi connectivity index (χ4n) is 6.97. The Morgan fingerprint density at radius 3 is 1.96 bits per heavy atom. The van der Waals surface area contributed by atoms with Crippen molar-refractivity contribution in [3.05, 3.63) is 108 Å². The predicted molar refractivity (Wildman–Crippen MR) is 180 cm³/mol. The molecule has 2 saturated heterocycles. The van der Waals surface area contributed by atoms with Gasteiger partial charge < -0.3 is 24.8 Å². The molecule has 0 radical (unpaired) electrons. The van der Waals surface area contributed by atoms with Gasteiger partial charge in [-0.3, -0.25) is 9.59 Å². The van der Waals surface area contributed by atoms with Crippen LogP contribution in [0.1, 0.15) is 62.6 Å². The van der Waals surface area contributed by atoms with Gasteiger partial charge in [-0.15, -0.1) is 0 Å². The minimum absolute atomic E-state index is 0.00206. The third kappa shape index (κ3) is 6.84. The van der Waals surface area contributed by atoms with Gasteiger partial charge in [0.1, 0.15) is 19.8 Å². The van der Waals surface area contributed by atoms with Crippen molar-refractivity contribution in [1.29, 1.82) is 0 Å². The number of nitrogens with zero attached hydrogens (tertiary/aromatic N) is 2. The summed E-state index contributed by atoms with van der Waals surface area (Å²) in [5.41, 5.74) is 8.82. The quantitative estimate of drug-likeness (QED) is 0.187. The van der Waals surface area contributed by atoms with Crippen LogP contribution in [0.15, 0.2) is 91.0 Å². The van der Waals surface area contributed by atoms with Crippen LogP contribution in [-0.4, -0.2) is 58.0 Å². The Hall–Kier alpha value is -3.74. The molecule has 0 saturated carbocycles. The van der Waals surface area contributed by atoms with Crippen molar-refractivity contribution in [3.63, 3.8) is 0 Å². The van der Waals surface area contributed by atoms with Crippen molar-refractivity contribution in [2.45, 2.75) is 82.2 Å². The molecule has 0 unspecified atom stereocenters.